The maximum atomic E-state index is 12.9. The van der Waals surface area contributed by atoms with Gasteiger partial charge in [0, 0.05) is 13.1 Å². The Bertz CT molecular complexity index is 640. The molecule has 1 atom stereocenters. The van der Waals surface area contributed by atoms with Crippen LogP contribution in [0.15, 0.2) is 24.3 Å². The fraction of sp³-hybridized carbons (Fsp3) is 0.529. The Morgan fingerprint density at radius 2 is 1.83 bits per heavy atom. The van der Waals surface area contributed by atoms with E-state index < -0.39 is 29.0 Å². The normalized spacial score (nSPS) is 19.2. The monoisotopic (exact) mass is 343 g/mol. The lowest BCUT2D eigenvalue weighted by molar-refractivity contribution is -0.147. The van der Waals surface area contributed by atoms with Crippen LogP contribution in [0.4, 0.5) is 13.2 Å². The molecule has 0 bridgehead atoms. The molecule has 0 aromatic heterocycles. The molecule has 1 aliphatic rings. The van der Waals surface area contributed by atoms with Crippen molar-refractivity contribution in [1.29, 1.82) is 0 Å². The second kappa shape index (κ2) is 6.45. The summed E-state index contributed by atoms with van der Waals surface area (Å²) in [6, 6.07) is 4.72. The van der Waals surface area contributed by atoms with E-state index in [0.29, 0.717) is 19.4 Å². The van der Waals surface area contributed by atoms with Crippen molar-refractivity contribution in [1.82, 2.24) is 4.90 Å². The van der Waals surface area contributed by atoms with Crippen molar-refractivity contribution in [2.75, 3.05) is 13.1 Å². The Hall–Kier alpha value is -2.05. The fourth-order valence-electron chi connectivity index (χ4n) is 2.97. The number of alkyl halides is 3. The minimum Gasteiger partial charge on any atom is -0.481 e. The first kappa shape index (κ1) is 18.3. The molecular weight excluding hydrogens is 323 g/mol. The summed E-state index contributed by atoms with van der Waals surface area (Å²) in [5.74, 6) is -1.93. The van der Waals surface area contributed by atoms with Gasteiger partial charge < -0.3 is 10.0 Å². The Balaban J connectivity index is 2.26. The molecular formula is C17H20F3NO3. The number of likely N-dealkylation sites (tertiary alicyclic amines) is 1. The van der Waals surface area contributed by atoms with Crippen LogP contribution in [-0.2, 0) is 21.2 Å². The van der Waals surface area contributed by atoms with Gasteiger partial charge in [-0.05, 0) is 38.3 Å². The van der Waals surface area contributed by atoms with Crippen molar-refractivity contribution >= 4 is 11.9 Å². The molecule has 132 valence electrons. The van der Waals surface area contributed by atoms with Crippen LogP contribution >= 0.6 is 0 Å². The molecule has 4 nitrogen and oxygen atoms in total. The predicted molar refractivity (Wildman–Crippen MR) is 81.4 cm³/mol. The number of carboxylic acids is 1. The van der Waals surface area contributed by atoms with Crippen molar-refractivity contribution < 1.29 is 27.9 Å². The molecule has 24 heavy (non-hydrogen) atoms. The second-order valence-corrected chi connectivity index (χ2v) is 6.63. The molecule has 0 saturated carbocycles. The highest BCUT2D eigenvalue weighted by Gasteiger charge is 2.39. The topological polar surface area (TPSA) is 57.6 Å². The van der Waals surface area contributed by atoms with Crippen LogP contribution < -0.4 is 0 Å². The van der Waals surface area contributed by atoms with Crippen molar-refractivity contribution in [2.24, 2.45) is 5.92 Å². The van der Waals surface area contributed by atoms with Crippen molar-refractivity contribution in [2.45, 2.75) is 38.3 Å². The molecule has 2 rings (SSSR count). The molecule has 1 aromatic rings. The number of aliphatic carboxylic acids is 1. The molecule has 1 heterocycles. The third-order valence-electron chi connectivity index (χ3n) is 4.50. The first-order valence-corrected chi connectivity index (χ1v) is 7.73. The number of carboxylic acid groups (broad SMARTS) is 1. The van der Waals surface area contributed by atoms with E-state index in [-0.39, 0.29) is 18.0 Å². The van der Waals surface area contributed by atoms with Gasteiger partial charge in [-0.3, -0.25) is 9.59 Å². The summed E-state index contributed by atoms with van der Waals surface area (Å²) in [7, 11) is 0. The Labute approximate surface area is 138 Å². The van der Waals surface area contributed by atoms with Gasteiger partial charge in [0.1, 0.15) is 0 Å². The molecule has 1 aromatic carbocycles. The van der Waals surface area contributed by atoms with Gasteiger partial charge in [-0.2, -0.15) is 13.2 Å². The molecule has 0 radical (unpaired) electrons. The highest BCUT2D eigenvalue weighted by molar-refractivity contribution is 5.88. The summed E-state index contributed by atoms with van der Waals surface area (Å²) in [6.07, 6.45) is -3.40. The number of nitrogens with zero attached hydrogens (tertiary/aromatic N) is 1. The molecule has 1 unspecified atom stereocenters. The lowest BCUT2D eigenvalue weighted by atomic mass is 9.81. The smallest absolute Gasteiger partial charge is 0.416 e. The first-order chi connectivity index (χ1) is 11.0. The van der Waals surface area contributed by atoms with Gasteiger partial charge in [-0.25, -0.2) is 0 Å². The molecule has 1 fully saturated rings. The van der Waals surface area contributed by atoms with E-state index >= 15 is 0 Å². The highest BCUT2D eigenvalue weighted by Crippen LogP contribution is 2.34. The third-order valence-corrected chi connectivity index (χ3v) is 4.50. The second-order valence-electron chi connectivity index (χ2n) is 6.63. The van der Waals surface area contributed by atoms with Gasteiger partial charge in [-0.1, -0.05) is 18.2 Å². The van der Waals surface area contributed by atoms with Gasteiger partial charge in [-0.15, -0.1) is 0 Å². The number of hydrogen-bond acceptors (Lipinski definition) is 2. The Morgan fingerprint density at radius 1 is 1.21 bits per heavy atom. The largest absolute Gasteiger partial charge is 0.481 e. The van der Waals surface area contributed by atoms with E-state index in [1.54, 1.807) is 13.8 Å². The predicted octanol–water partition coefficient (Wildman–Crippen LogP) is 3.31. The summed E-state index contributed by atoms with van der Waals surface area (Å²) < 4.78 is 38.7. The van der Waals surface area contributed by atoms with Crippen molar-refractivity contribution in [3.8, 4) is 0 Å². The molecule has 1 amide bonds. The van der Waals surface area contributed by atoms with Crippen molar-refractivity contribution in [3.63, 3.8) is 0 Å². The molecule has 0 spiro atoms. The van der Waals surface area contributed by atoms with Crippen LogP contribution in [0.2, 0.25) is 0 Å². The van der Waals surface area contributed by atoms with Crippen LogP contribution in [-0.4, -0.2) is 35.0 Å². The Kier molecular flexibility index (Phi) is 4.92. The minimum absolute atomic E-state index is 0.0938. The lowest BCUT2D eigenvalue weighted by Gasteiger charge is -2.36. The van der Waals surface area contributed by atoms with Crippen LogP contribution in [0.3, 0.4) is 0 Å². The number of carbonyl (C=O) groups is 2. The van der Waals surface area contributed by atoms with Gasteiger partial charge in [0.05, 0.1) is 16.9 Å². The fourth-order valence-corrected chi connectivity index (χ4v) is 2.97. The average molecular weight is 343 g/mol. The number of carbonyl (C=O) groups excluding carboxylic acids is 1. The first-order valence-electron chi connectivity index (χ1n) is 7.73. The summed E-state index contributed by atoms with van der Waals surface area (Å²) in [5.41, 5.74) is -1.70. The standard InChI is InChI=1S/C17H20F3NO3/c1-16(2,12-6-3-7-13(9-12)17(18,19)20)15(24)21-8-4-5-11(10-21)14(22)23/h3,6-7,9,11H,4-5,8,10H2,1-2H3,(H,22,23). The maximum Gasteiger partial charge on any atom is 0.416 e. The van der Waals surface area contributed by atoms with Crippen LogP contribution in [0.5, 0.6) is 0 Å². The zero-order chi connectivity index (χ0) is 18.1. The van der Waals surface area contributed by atoms with Crippen LogP contribution in [0, 0.1) is 5.92 Å². The molecule has 0 aliphatic carbocycles. The van der Waals surface area contributed by atoms with Gasteiger partial charge >= 0.3 is 12.1 Å². The van der Waals surface area contributed by atoms with Gasteiger partial charge in [0.25, 0.3) is 0 Å². The third kappa shape index (κ3) is 3.71. The highest BCUT2D eigenvalue weighted by atomic mass is 19.4. The zero-order valence-electron chi connectivity index (χ0n) is 13.6. The van der Waals surface area contributed by atoms with E-state index in [0.717, 1.165) is 12.1 Å². The molecule has 1 aliphatic heterocycles. The quantitative estimate of drug-likeness (QED) is 0.916. The average Bonchev–Trinajstić information content (AvgIpc) is 2.53. The van der Waals surface area contributed by atoms with E-state index in [1.807, 2.05) is 0 Å². The van der Waals surface area contributed by atoms with E-state index in [4.69, 9.17) is 5.11 Å². The number of hydrogen-bond donors (Lipinski definition) is 1. The van der Waals surface area contributed by atoms with E-state index in [9.17, 15) is 22.8 Å². The van der Waals surface area contributed by atoms with Crippen LogP contribution in [0.1, 0.15) is 37.8 Å². The maximum absolute atomic E-state index is 12.9. The number of amides is 1. The number of benzene rings is 1. The summed E-state index contributed by atoms with van der Waals surface area (Å²) in [6.45, 7) is 3.64. The number of rotatable bonds is 3. The minimum atomic E-state index is -4.48. The van der Waals surface area contributed by atoms with Gasteiger partial charge in [0.15, 0.2) is 0 Å². The Morgan fingerprint density at radius 3 is 2.42 bits per heavy atom. The summed E-state index contributed by atoms with van der Waals surface area (Å²) in [4.78, 5) is 25.4. The number of piperidine rings is 1. The van der Waals surface area contributed by atoms with Gasteiger partial charge in [0.2, 0.25) is 5.91 Å². The van der Waals surface area contributed by atoms with Crippen molar-refractivity contribution in [3.05, 3.63) is 35.4 Å². The SMILES string of the molecule is CC(C)(C(=O)N1CCCC(C(=O)O)C1)c1cccc(C(F)(F)F)c1. The number of halogens is 3. The summed E-state index contributed by atoms with van der Waals surface area (Å²) in [5, 5.41) is 9.12. The summed E-state index contributed by atoms with van der Waals surface area (Å²) >= 11 is 0. The molecule has 1 N–H and O–H groups in total. The zero-order valence-corrected chi connectivity index (χ0v) is 13.6. The molecule has 7 heteroatoms. The van der Waals surface area contributed by atoms with Crippen LogP contribution in [0.25, 0.3) is 0 Å². The lowest BCUT2D eigenvalue weighted by Crippen LogP contribution is -2.49. The molecule has 1 saturated heterocycles. The van der Waals surface area contributed by atoms with E-state index in [1.165, 1.54) is 17.0 Å². The van der Waals surface area contributed by atoms with E-state index in [2.05, 4.69) is 0 Å².